The second-order valence-electron chi connectivity index (χ2n) is 9.84. The SMILES string of the molecule is O=C(OC[C@H]1O[C@](O)(COC(=O)c2ccccc2)[C@@H](OC(=O)c2ccccc2)[C@@H]1OC(=O)c1ccccc1)c1ccccc1. The minimum Gasteiger partial charge on any atom is -0.459 e. The van der Waals surface area contributed by atoms with Crippen molar-refractivity contribution in [3.8, 4) is 0 Å². The Balaban J connectivity index is 1.44. The highest BCUT2D eigenvalue weighted by molar-refractivity contribution is 5.91. The second kappa shape index (κ2) is 13.8. The summed E-state index contributed by atoms with van der Waals surface area (Å²) >= 11 is 0. The van der Waals surface area contributed by atoms with Crippen molar-refractivity contribution in [2.75, 3.05) is 13.2 Å². The van der Waals surface area contributed by atoms with E-state index in [-0.39, 0.29) is 22.3 Å². The maximum absolute atomic E-state index is 13.2. The molecular formula is C34H28O10. The summed E-state index contributed by atoms with van der Waals surface area (Å²) in [5.74, 6) is -5.67. The summed E-state index contributed by atoms with van der Waals surface area (Å²) in [5.41, 5.74) is 0.768. The van der Waals surface area contributed by atoms with Crippen LogP contribution >= 0.6 is 0 Å². The van der Waals surface area contributed by atoms with Gasteiger partial charge in [0.1, 0.15) is 19.3 Å². The van der Waals surface area contributed by atoms with Gasteiger partial charge in [-0.1, -0.05) is 72.8 Å². The summed E-state index contributed by atoms with van der Waals surface area (Å²) in [5, 5.41) is 11.7. The molecular weight excluding hydrogens is 568 g/mol. The van der Waals surface area contributed by atoms with Gasteiger partial charge < -0.3 is 28.8 Å². The molecule has 1 N–H and O–H groups in total. The molecule has 4 atom stereocenters. The van der Waals surface area contributed by atoms with E-state index >= 15 is 0 Å². The van der Waals surface area contributed by atoms with Gasteiger partial charge in [-0.3, -0.25) is 0 Å². The fraction of sp³-hybridized carbons (Fsp3) is 0.176. The highest BCUT2D eigenvalue weighted by atomic mass is 16.7. The van der Waals surface area contributed by atoms with Gasteiger partial charge in [0.15, 0.2) is 12.2 Å². The molecule has 0 saturated carbocycles. The zero-order chi connectivity index (χ0) is 30.9. The van der Waals surface area contributed by atoms with Crippen molar-refractivity contribution in [3.05, 3.63) is 144 Å². The first kappa shape index (κ1) is 30.1. The lowest BCUT2D eigenvalue weighted by molar-refractivity contribution is -0.247. The lowest BCUT2D eigenvalue weighted by atomic mass is 10.0. The summed E-state index contributed by atoms with van der Waals surface area (Å²) in [7, 11) is 0. The lowest BCUT2D eigenvalue weighted by Gasteiger charge is -2.29. The van der Waals surface area contributed by atoms with Gasteiger partial charge in [-0.15, -0.1) is 0 Å². The third kappa shape index (κ3) is 7.17. The van der Waals surface area contributed by atoms with E-state index in [0.717, 1.165) is 0 Å². The number of carbonyl (C=O) groups excluding carboxylic acids is 4. The number of carbonyl (C=O) groups is 4. The van der Waals surface area contributed by atoms with E-state index in [4.69, 9.17) is 23.7 Å². The average Bonchev–Trinajstić information content (AvgIpc) is 3.33. The van der Waals surface area contributed by atoms with Crippen LogP contribution in [-0.4, -0.2) is 66.3 Å². The molecule has 224 valence electrons. The molecule has 1 saturated heterocycles. The van der Waals surface area contributed by atoms with Crippen molar-refractivity contribution < 1.29 is 48.0 Å². The molecule has 0 radical (unpaired) electrons. The predicted octanol–water partition coefficient (Wildman–Crippen LogP) is 4.24. The first-order valence-electron chi connectivity index (χ1n) is 13.7. The first-order valence-corrected chi connectivity index (χ1v) is 13.7. The topological polar surface area (TPSA) is 135 Å². The highest BCUT2D eigenvalue weighted by Crippen LogP contribution is 2.36. The highest BCUT2D eigenvalue weighted by Gasteiger charge is 2.60. The zero-order valence-electron chi connectivity index (χ0n) is 23.3. The molecule has 1 heterocycles. The van der Waals surface area contributed by atoms with Crippen LogP contribution in [0, 0.1) is 0 Å². The van der Waals surface area contributed by atoms with Crippen molar-refractivity contribution in [1.29, 1.82) is 0 Å². The van der Waals surface area contributed by atoms with Crippen molar-refractivity contribution >= 4 is 23.9 Å². The predicted molar refractivity (Wildman–Crippen MR) is 155 cm³/mol. The van der Waals surface area contributed by atoms with Crippen LogP contribution in [0.2, 0.25) is 0 Å². The maximum atomic E-state index is 13.2. The quantitative estimate of drug-likeness (QED) is 0.209. The Morgan fingerprint density at radius 1 is 0.568 bits per heavy atom. The minimum atomic E-state index is -2.50. The smallest absolute Gasteiger partial charge is 0.338 e. The van der Waals surface area contributed by atoms with Gasteiger partial charge in [-0.25, -0.2) is 19.2 Å². The standard InChI is InChI=1S/C34H28O10/c35-30(23-13-5-1-6-14-23)40-21-27-28(42-32(37)25-17-9-3-10-18-25)29(43-33(38)26-19-11-4-12-20-26)34(39,44-27)22-41-31(36)24-15-7-2-8-16-24/h1-20,27-29,39H,21-22H2/t27-,28-,29+,34-/m1/s1. The molecule has 4 aromatic rings. The Hall–Kier alpha value is -5.32. The number of ether oxygens (including phenoxy) is 5. The normalized spacial score (nSPS) is 20.7. The number of hydrogen-bond acceptors (Lipinski definition) is 10. The molecule has 10 nitrogen and oxygen atoms in total. The molecule has 1 fully saturated rings. The van der Waals surface area contributed by atoms with Gasteiger partial charge in [-0.05, 0) is 48.5 Å². The number of aliphatic hydroxyl groups is 1. The monoisotopic (exact) mass is 596 g/mol. The lowest BCUT2D eigenvalue weighted by Crippen LogP contribution is -2.51. The zero-order valence-corrected chi connectivity index (χ0v) is 23.3. The minimum absolute atomic E-state index is 0.142. The van der Waals surface area contributed by atoms with Crippen LogP contribution in [0.15, 0.2) is 121 Å². The van der Waals surface area contributed by atoms with Crippen LogP contribution in [0.3, 0.4) is 0 Å². The van der Waals surface area contributed by atoms with E-state index in [0.29, 0.717) is 0 Å². The van der Waals surface area contributed by atoms with Gasteiger partial charge in [0.05, 0.1) is 22.3 Å². The Morgan fingerprint density at radius 3 is 1.41 bits per heavy atom. The molecule has 4 aromatic carbocycles. The van der Waals surface area contributed by atoms with Gasteiger partial charge >= 0.3 is 23.9 Å². The molecule has 5 rings (SSSR count). The van der Waals surface area contributed by atoms with Gasteiger partial charge in [-0.2, -0.15) is 0 Å². The number of rotatable bonds is 10. The fourth-order valence-corrected chi connectivity index (χ4v) is 4.56. The average molecular weight is 597 g/mol. The van der Waals surface area contributed by atoms with Crippen LogP contribution in [-0.2, 0) is 23.7 Å². The molecule has 1 aliphatic rings. The van der Waals surface area contributed by atoms with Gasteiger partial charge in [0.2, 0.25) is 5.79 Å². The van der Waals surface area contributed by atoms with Crippen LogP contribution in [0.4, 0.5) is 0 Å². The molecule has 0 unspecified atom stereocenters. The van der Waals surface area contributed by atoms with E-state index in [2.05, 4.69) is 0 Å². The van der Waals surface area contributed by atoms with Crippen molar-refractivity contribution in [1.82, 2.24) is 0 Å². The van der Waals surface area contributed by atoms with Crippen LogP contribution < -0.4 is 0 Å². The summed E-state index contributed by atoms with van der Waals surface area (Å²) in [6.07, 6.45) is -4.52. The molecule has 10 heteroatoms. The van der Waals surface area contributed by atoms with Crippen LogP contribution in [0.1, 0.15) is 41.4 Å². The van der Waals surface area contributed by atoms with Crippen molar-refractivity contribution in [2.24, 2.45) is 0 Å². The van der Waals surface area contributed by atoms with E-state index in [9.17, 15) is 24.3 Å². The number of esters is 4. The van der Waals surface area contributed by atoms with Crippen molar-refractivity contribution in [3.63, 3.8) is 0 Å². The number of benzene rings is 4. The van der Waals surface area contributed by atoms with Crippen molar-refractivity contribution in [2.45, 2.75) is 24.1 Å². The van der Waals surface area contributed by atoms with Gasteiger partial charge in [0.25, 0.3) is 0 Å². The van der Waals surface area contributed by atoms with E-state index < -0.39 is 61.2 Å². The summed E-state index contributed by atoms with van der Waals surface area (Å²) in [6, 6.07) is 32.1. The molecule has 1 aliphatic heterocycles. The Bertz CT molecular complexity index is 1580. The van der Waals surface area contributed by atoms with E-state index in [1.807, 2.05) is 0 Å². The molecule has 44 heavy (non-hydrogen) atoms. The Labute approximate surface area is 252 Å². The second-order valence-corrected chi connectivity index (χ2v) is 9.84. The summed E-state index contributed by atoms with van der Waals surface area (Å²) in [4.78, 5) is 51.8. The van der Waals surface area contributed by atoms with E-state index in [1.54, 1.807) is 84.9 Å². The molecule has 0 aromatic heterocycles. The van der Waals surface area contributed by atoms with Crippen LogP contribution in [0.25, 0.3) is 0 Å². The number of hydrogen-bond donors (Lipinski definition) is 1. The summed E-state index contributed by atoms with van der Waals surface area (Å²) < 4.78 is 28.1. The molecule has 0 aliphatic carbocycles. The summed E-state index contributed by atoms with van der Waals surface area (Å²) in [6.45, 7) is -1.31. The maximum Gasteiger partial charge on any atom is 0.338 e. The Morgan fingerprint density at radius 2 is 0.955 bits per heavy atom. The van der Waals surface area contributed by atoms with E-state index in [1.165, 1.54) is 36.4 Å². The molecule has 0 amide bonds. The Kier molecular flexibility index (Phi) is 9.43. The van der Waals surface area contributed by atoms with Gasteiger partial charge in [0, 0.05) is 0 Å². The third-order valence-electron chi connectivity index (χ3n) is 6.77. The largest absolute Gasteiger partial charge is 0.459 e. The molecule has 0 bridgehead atoms. The first-order chi connectivity index (χ1) is 21.3. The van der Waals surface area contributed by atoms with Crippen LogP contribution in [0.5, 0.6) is 0 Å². The third-order valence-corrected chi connectivity index (χ3v) is 6.77. The molecule has 0 spiro atoms. The fourth-order valence-electron chi connectivity index (χ4n) is 4.56.